The maximum Gasteiger partial charge on any atom is 0.230 e. The highest BCUT2D eigenvalue weighted by Gasteiger charge is 2.25. The molecule has 1 aliphatic heterocycles. The Kier molecular flexibility index (Phi) is 4.98. The zero-order chi connectivity index (χ0) is 11.8. The van der Waals surface area contributed by atoms with E-state index in [4.69, 9.17) is 0 Å². The number of carbonyl (C=O) groups excluding carboxylic acids is 1. The Balaban J connectivity index is 0.000000181. The van der Waals surface area contributed by atoms with Crippen LogP contribution in [0.5, 0.6) is 0 Å². The van der Waals surface area contributed by atoms with Crippen LogP contribution in [0.15, 0.2) is 36.4 Å². The number of amides is 1. The molecule has 5 nitrogen and oxygen atoms in total. The van der Waals surface area contributed by atoms with Gasteiger partial charge < -0.3 is 5.32 Å². The third kappa shape index (κ3) is 4.54. The van der Waals surface area contributed by atoms with Crippen LogP contribution in [0, 0.1) is 10.1 Å². The molecule has 1 atom stereocenters. The molecule has 0 radical (unpaired) electrons. The second-order valence-electron chi connectivity index (χ2n) is 3.44. The Morgan fingerprint density at radius 3 is 2.00 bits per heavy atom. The molecule has 1 N–H and O–H groups in total. The summed E-state index contributed by atoms with van der Waals surface area (Å²) in [6, 6.07) is 11.4. The molecular formula is C11H14N2O3. The van der Waals surface area contributed by atoms with Crippen molar-refractivity contribution in [2.24, 2.45) is 0 Å². The van der Waals surface area contributed by atoms with Crippen molar-refractivity contribution in [3.05, 3.63) is 46.5 Å². The van der Waals surface area contributed by atoms with Crippen LogP contribution >= 0.6 is 0 Å². The van der Waals surface area contributed by atoms with Gasteiger partial charge in [-0.05, 0) is 0 Å². The van der Waals surface area contributed by atoms with Crippen LogP contribution in [0.4, 0.5) is 0 Å². The summed E-state index contributed by atoms with van der Waals surface area (Å²) < 4.78 is 0. The summed E-state index contributed by atoms with van der Waals surface area (Å²) in [4.78, 5) is 20.3. The molecule has 1 saturated heterocycles. The molecule has 1 unspecified atom stereocenters. The van der Waals surface area contributed by atoms with Crippen molar-refractivity contribution < 1.29 is 9.72 Å². The fraction of sp³-hybridized carbons (Fsp3) is 0.364. The first-order valence-corrected chi connectivity index (χ1v) is 5.10. The van der Waals surface area contributed by atoms with Crippen LogP contribution in [-0.2, 0) is 4.79 Å². The topological polar surface area (TPSA) is 72.2 Å². The van der Waals surface area contributed by atoms with Crippen molar-refractivity contribution in [2.45, 2.75) is 18.9 Å². The molecule has 0 aliphatic carbocycles. The van der Waals surface area contributed by atoms with Gasteiger partial charge in [-0.15, -0.1) is 0 Å². The van der Waals surface area contributed by atoms with Crippen LogP contribution in [-0.4, -0.2) is 23.4 Å². The number of hydrogen-bond acceptors (Lipinski definition) is 3. The van der Waals surface area contributed by atoms with E-state index in [0.29, 0.717) is 6.42 Å². The minimum atomic E-state index is -0.572. The first-order valence-electron chi connectivity index (χ1n) is 5.10. The average molecular weight is 222 g/mol. The Morgan fingerprint density at radius 1 is 1.19 bits per heavy atom. The molecule has 1 heterocycles. The molecule has 0 bridgehead atoms. The SMILES string of the molecule is O=C1CCC([N+](=O)[O-])CN1.c1ccccc1. The van der Waals surface area contributed by atoms with Gasteiger partial charge in [0.15, 0.2) is 0 Å². The molecule has 16 heavy (non-hydrogen) atoms. The van der Waals surface area contributed by atoms with Gasteiger partial charge in [-0.1, -0.05) is 36.4 Å². The Morgan fingerprint density at radius 2 is 1.69 bits per heavy atom. The van der Waals surface area contributed by atoms with Crippen molar-refractivity contribution in [1.82, 2.24) is 5.32 Å². The molecule has 86 valence electrons. The number of rotatable bonds is 1. The van der Waals surface area contributed by atoms with Gasteiger partial charge in [0.1, 0.15) is 0 Å². The summed E-state index contributed by atoms with van der Waals surface area (Å²) >= 11 is 0. The van der Waals surface area contributed by atoms with Crippen LogP contribution < -0.4 is 5.32 Å². The van der Waals surface area contributed by atoms with Gasteiger partial charge in [-0.3, -0.25) is 14.9 Å². The fourth-order valence-corrected chi connectivity index (χ4v) is 1.28. The van der Waals surface area contributed by atoms with Crippen molar-refractivity contribution >= 4 is 5.91 Å². The number of hydrogen-bond donors (Lipinski definition) is 1. The molecule has 1 aliphatic rings. The van der Waals surface area contributed by atoms with Crippen molar-refractivity contribution in [3.63, 3.8) is 0 Å². The van der Waals surface area contributed by atoms with E-state index < -0.39 is 6.04 Å². The highest BCUT2D eigenvalue weighted by molar-refractivity contribution is 5.76. The molecule has 1 amide bonds. The van der Waals surface area contributed by atoms with E-state index in [-0.39, 0.29) is 23.8 Å². The number of nitrogens with zero attached hydrogens (tertiary/aromatic N) is 1. The second kappa shape index (κ2) is 6.55. The third-order valence-corrected chi connectivity index (χ3v) is 2.20. The van der Waals surface area contributed by atoms with Gasteiger partial charge in [-0.25, -0.2) is 0 Å². The summed E-state index contributed by atoms with van der Waals surface area (Å²) in [7, 11) is 0. The van der Waals surface area contributed by atoms with Gasteiger partial charge in [-0.2, -0.15) is 0 Å². The summed E-state index contributed by atoms with van der Waals surface area (Å²) in [5.74, 6) is -0.0851. The zero-order valence-electron chi connectivity index (χ0n) is 8.83. The number of nitrogens with one attached hydrogen (secondary N) is 1. The first kappa shape index (κ1) is 12.2. The molecular weight excluding hydrogens is 208 g/mol. The Bertz CT molecular complexity index is 304. The average Bonchev–Trinajstić information content (AvgIpc) is 2.32. The van der Waals surface area contributed by atoms with E-state index in [1.165, 1.54) is 0 Å². The number of nitro groups is 1. The maximum atomic E-state index is 10.5. The highest BCUT2D eigenvalue weighted by atomic mass is 16.6. The quantitative estimate of drug-likeness (QED) is 0.573. The minimum Gasteiger partial charge on any atom is -0.349 e. The lowest BCUT2D eigenvalue weighted by Gasteiger charge is -2.14. The van der Waals surface area contributed by atoms with E-state index in [1.54, 1.807) is 0 Å². The van der Waals surface area contributed by atoms with Gasteiger partial charge in [0.05, 0.1) is 6.54 Å². The summed E-state index contributed by atoms with van der Waals surface area (Å²) in [6.45, 7) is 0.186. The van der Waals surface area contributed by atoms with Gasteiger partial charge in [0, 0.05) is 17.8 Å². The number of piperidine rings is 1. The lowest BCUT2D eigenvalue weighted by Crippen LogP contribution is -2.41. The highest BCUT2D eigenvalue weighted by Crippen LogP contribution is 2.04. The van der Waals surface area contributed by atoms with E-state index in [0.717, 1.165) is 0 Å². The van der Waals surface area contributed by atoms with Crippen molar-refractivity contribution in [2.75, 3.05) is 6.54 Å². The molecule has 0 aromatic heterocycles. The Labute approximate surface area is 93.6 Å². The predicted molar refractivity (Wildman–Crippen MR) is 59.5 cm³/mol. The largest absolute Gasteiger partial charge is 0.349 e. The molecule has 0 spiro atoms. The molecule has 2 rings (SSSR count). The first-order chi connectivity index (χ1) is 7.70. The van der Waals surface area contributed by atoms with Crippen molar-refractivity contribution in [3.8, 4) is 0 Å². The van der Waals surface area contributed by atoms with Crippen molar-refractivity contribution in [1.29, 1.82) is 0 Å². The van der Waals surface area contributed by atoms with Gasteiger partial charge in [0.2, 0.25) is 11.9 Å². The van der Waals surface area contributed by atoms with Gasteiger partial charge in [0.25, 0.3) is 0 Å². The summed E-state index contributed by atoms with van der Waals surface area (Å²) in [6.07, 6.45) is 0.657. The fourth-order valence-electron chi connectivity index (χ4n) is 1.28. The molecule has 5 heteroatoms. The molecule has 1 aromatic rings. The van der Waals surface area contributed by atoms with Crippen LogP contribution in [0.2, 0.25) is 0 Å². The molecule has 1 fully saturated rings. The second-order valence-corrected chi connectivity index (χ2v) is 3.44. The lowest BCUT2D eigenvalue weighted by molar-refractivity contribution is -0.521. The van der Waals surface area contributed by atoms with Gasteiger partial charge >= 0.3 is 0 Å². The molecule has 1 aromatic carbocycles. The molecule has 0 saturated carbocycles. The number of benzene rings is 1. The lowest BCUT2D eigenvalue weighted by atomic mass is 10.1. The van der Waals surface area contributed by atoms with E-state index in [9.17, 15) is 14.9 Å². The standard InChI is InChI=1S/C6H6.C5H8N2O3/c1-2-4-6-5-3-1;8-5-2-1-4(3-6-5)7(9)10/h1-6H;4H,1-3H2,(H,6,8). The van der Waals surface area contributed by atoms with E-state index in [2.05, 4.69) is 5.32 Å². The summed E-state index contributed by atoms with van der Waals surface area (Å²) in [5.41, 5.74) is 0. The summed E-state index contributed by atoms with van der Waals surface area (Å²) in [5, 5.41) is 12.5. The smallest absolute Gasteiger partial charge is 0.230 e. The number of carbonyl (C=O) groups is 1. The zero-order valence-corrected chi connectivity index (χ0v) is 8.83. The van der Waals surface area contributed by atoms with E-state index >= 15 is 0 Å². The minimum absolute atomic E-state index is 0.0851. The van der Waals surface area contributed by atoms with Crippen LogP contribution in [0.3, 0.4) is 0 Å². The van der Waals surface area contributed by atoms with Crippen LogP contribution in [0.1, 0.15) is 12.8 Å². The van der Waals surface area contributed by atoms with E-state index in [1.807, 2.05) is 36.4 Å². The maximum absolute atomic E-state index is 10.5. The Hall–Kier alpha value is -1.91. The normalized spacial score (nSPS) is 19.0. The predicted octanol–water partition coefficient (Wildman–Crippen LogP) is 1.23. The third-order valence-electron chi connectivity index (χ3n) is 2.20. The van der Waals surface area contributed by atoms with Crippen LogP contribution in [0.25, 0.3) is 0 Å². The monoisotopic (exact) mass is 222 g/mol.